The van der Waals surface area contributed by atoms with Crippen LogP contribution in [0.4, 0.5) is 0 Å². The lowest BCUT2D eigenvalue weighted by molar-refractivity contribution is -0.138. The lowest BCUT2D eigenvalue weighted by Crippen LogP contribution is -2.40. The molecule has 1 amide bonds. The molecule has 1 saturated heterocycles. The summed E-state index contributed by atoms with van der Waals surface area (Å²) < 4.78 is 0. The predicted octanol–water partition coefficient (Wildman–Crippen LogP) is 3.28. The van der Waals surface area contributed by atoms with Crippen molar-refractivity contribution in [1.82, 2.24) is 4.90 Å². The summed E-state index contributed by atoms with van der Waals surface area (Å²) in [6.07, 6.45) is 4.79. The fraction of sp³-hybridized carbons (Fsp3) is 0.579. The average Bonchev–Trinajstić information content (AvgIpc) is 2.51. The fourth-order valence-electron chi connectivity index (χ4n) is 3.91. The third kappa shape index (κ3) is 4.12. The molecule has 2 fully saturated rings. The van der Waals surface area contributed by atoms with Gasteiger partial charge in [0.2, 0.25) is 5.91 Å². The minimum atomic E-state index is -0.726. The molecule has 0 atom stereocenters. The van der Waals surface area contributed by atoms with E-state index in [4.69, 9.17) is 5.11 Å². The third-order valence-electron chi connectivity index (χ3n) is 5.40. The van der Waals surface area contributed by atoms with Crippen molar-refractivity contribution in [3.8, 4) is 0 Å². The Morgan fingerprint density at radius 2 is 1.65 bits per heavy atom. The summed E-state index contributed by atoms with van der Waals surface area (Å²) in [7, 11) is 0. The molecule has 0 unspecified atom stereocenters. The maximum absolute atomic E-state index is 12.4. The zero-order chi connectivity index (χ0) is 16.2. The van der Waals surface area contributed by atoms with Gasteiger partial charge in [0.05, 0.1) is 0 Å². The molecular formula is C19H25NO3. The Hall–Kier alpha value is -1.84. The van der Waals surface area contributed by atoms with Crippen LogP contribution in [0.15, 0.2) is 30.3 Å². The van der Waals surface area contributed by atoms with Gasteiger partial charge in [-0.2, -0.15) is 0 Å². The molecule has 1 aliphatic heterocycles. The molecule has 0 aromatic heterocycles. The highest BCUT2D eigenvalue weighted by atomic mass is 16.4. The van der Waals surface area contributed by atoms with Crippen LogP contribution in [0.25, 0.3) is 0 Å². The number of likely N-dealkylation sites (tertiary alicyclic amines) is 1. The van der Waals surface area contributed by atoms with Crippen LogP contribution in [0.2, 0.25) is 0 Å². The van der Waals surface area contributed by atoms with E-state index in [0.717, 1.165) is 38.8 Å². The van der Waals surface area contributed by atoms with Gasteiger partial charge in [-0.3, -0.25) is 9.59 Å². The Morgan fingerprint density at radius 1 is 1.00 bits per heavy atom. The monoisotopic (exact) mass is 315 g/mol. The summed E-state index contributed by atoms with van der Waals surface area (Å²) in [5.74, 6) is 0.911. The van der Waals surface area contributed by atoms with E-state index in [0.29, 0.717) is 18.3 Å². The number of benzene rings is 1. The topological polar surface area (TPSA) is 57.6 Å². The van der Waals surface area contributed by atoms with Crippen molar-refractivity contribution >= 4 is 11.9 Å². The molecule has 2 aliphatic rings. The van der Waals surface area contributed by atoms with Crippen LogP contribution in [0, 0.1) is 11.8 Å². The van der Waals surface area contributed by atoms with Gasteiger partial charge in [0.25, 0.3) is 0 Å². The standard InChI is InChI=1S/C19H25NO3/c21-18(20-8-6-14(7-9-20)13-19(22)23)12-15-10-17(11-15)16-4-2-1-3-5-16/h1-5,14-15,17H,6-13H2,(H,22,23). The molecule has 124 valence electrons. The molecule has 1 heterocycles. The number of hydrogen-bond acceptors (Lipinski definition) is 2. The van der Waals surface area contributed by atoms with E-state index in [-0.39, 0.29) is 18.2 Å². The molecule has 1 aromatic carbocycles. The quantitative estimate of drug-likeness (QED) is 0.907. The van der Waals surface area contributed by atoms with Gasteiger partial charge in [0, 0.05) is 25.9 Å². The number of carboxylic acid groups (broad SMARTS) is 1. The summed E-state index contributed by atoms with van der Waals surface area (Å²) in [6.45, 7) is 1.46. The molecule has 0 radical (unpaired) electrons. The van der Waals surface area contributed by atoms with Crippen molar-refractivity contribution in [2.24, 2.45) is 11.8 Å². The van der Waals surface area contributed by atoms with E-state index in [1.54, 1.807) is 0 Å². The molecule has 4 heteroatoms. The highest BCUT2D eigenvalue weighted by Gasteiger charge is 2.33. The van der Waals surface area contributed by atoms with Crippen LogP contribution in [-0.4, -0.2) is 35.0 Å². The van der Waals surface area contributed by atoms with Crippen LogP contribution >= 0.6 is 0 Å². The van der Waals surface area contributed by atoms with Crippen molar-refractivity contribution in [2.45, 2.75) is 44.4 Å². The number of aliphatic carboxylic acids is 1. The van der Waals surface area contributed by atoms with E-state index in [1.165, 1.54) is 5.56 Å². The normalized spacial score (nSPS) is 25.0. The van der Waals surface area contributed by atoms with E-state index in [2.05, 4.69) is 24.3 Å². The molecule has 0 bridgehead atoms. The maximum atomic E-state index is 12.4. The first-order valence-corrected chi connectivity index (χ1v) is 8.66. The van der Waals surface area contributed by atoms with Gasteiger partial charge in [0.15, 0.2) is 0 Å². The Morgan fingerprint density at radius 3 is 2.26 bits per heavy atom. The number of carbonyl (C=O) groups excluding carboxylic acids is 1. The average molecular weight is 315 g/mol. The predicted molar refractivity (Wildman–Crippen MR) is 88.1 cm³/mol. The molecule has 1 aliphatic carbocycles. The maximum Gasteiger partial charge on any atom is 0.303 e. The van der Waals surface area contributed by atoms with Gasteiger partial charge in [-0.05, 0) is 49.0 Å². The first-order chi connectivity index (χ1) is 11.1. The smallest absolute Gasteiger partial charge is 0.303 e. The first-order valence-electron chi connectivity index (χ1n) is 8.66. The lowest BCUT2D eigenvalue weighted by Gasteiger charge is -2.38. The van der Waals surface area contributed by atoms with Crippen LogP contribution in [0.5, 0.6) is 0 Å². The molecule has 1 N–H and O–H groups in total. The van der Waals surface area contributed by atoms with Crippen LogP contribution in [-0.2, 0) is 9.59 Å². The summed E-state index contributed by atoms with van der Waals surface area (Å²) in [4.78, 5) is 25.1. The van der Waals surface area contributed by atoms with Gasteiger partial charge in [-0.25, -0.2) is 0 Å². The minimum Gasteiger partial charge on any atom is -0.481 e. The van der Waals surface area contributed by atoms with Crippen molar-refractivity contribution in [2.75, 3.05) is 13.1 Å². The van der Waals surface area contributed by atoms with Gasteiger partial charge >= 0.3 is 5.97 Å². The molecule has 3 rings (SSSR count). The largest absolute Gasteiger partial charge is 0.481 e. The summed E-state index contributed by atoms with van der Waals surface area (Å²) >= 11 is 0. The highest BCUT2D eigenvalue weighted by Crippen LogP contribution is 2.43. The number of nitrogens with zero attached hydrogens (tertiary/aromatic N) is 1. The number of carboxylic acids is 1. The number of hydrogen-bond donors (Lipinski definition) is 1. The molecule has 0 spiro atoms. The zero-order valence-electron chi connectivity index (χ0n) is 13.5. The van der Waals surface area contributed by atoms with Crippen molar-refractivity contribution in [1.29, 1.82) is 0 Å². The molecule has 1 aromatic rings. The van der Waals surface area contributed by atoms with E-state index in [1.807, 2.05) is 11.0 Å². The van der Waals surface area contributed by atoms with Crippen molar-refractivity contribution in [3.05, 3.63) is 35.9 Å². The Bertz CT molecular complexity index is 543. The minimum absolute atomic E-state index is 0.239. The van der Waals surface area contributed by atoms with Gasteiger partial charge in [-0.15, -0.1) is 0 Å². The molecule has 1 saturated carbocycles. The first kappa shape index (κ1) is 16.0. The molecule has 23 heavy (non-hydrogen) atoms. The number of carbonyl (C=O) groups is 2. The van der Waals surface area contributed by atoms with Crippen LogP contribution in [0.1, 0.15) is 50.0 Å². The zero-order valence-corrected chi connectivity index (χ0v) is 13.5. The van der Waals surface area contributed by atoms with E-state index in [9.17, 15) is 9.59 Å². The lowest BCUT2D eigenvalue weighted by atomic mass is 9.70. The van der Waals surface area contributed by atoms with Crippen molar-refractivity contribution in [3.63, 3.8) is 0 Å². The summed E-state index contributed by atoms with van der Waals surface area (Å²) in [6, 6.07) is 10.5. The highest BCUT2D eigenvalue weighted by molar-refractivity contribution is 5.76. The van der Waals surface area contributed by atoms with Crippen LogP contribution < -0.4 is 0 Å². The second kappa shape index (κ2) is 7.16. The molecular weight excluding hydrogens is 290 g/mol. The Balaban J connectivity index is 1.39. The van der Waals surface area contributed by atoms with Gasteiger partial charge < -0.3 is 10.0 Å². The number of amides is 1. The second-order valence-corrected chi connectivity index (χ2v) is 7.07. The Labute approximate surface area is 137 Å². The third-order valence-corrected chi connectivity index (χ3v) is 5.40. The van der Waals surface area contributed by atoms with E-state index >= 15 is 0 Å². The number of rotatable bonds is 5. The Kier molecular flexibility index (Phi) is 4.99. The SMILES string of the molecule is O=C(O)CC1CCN(C(=O)CC2CC(c3ccccc3)C2)CC1. The fourth-order valence-corrected chi connectivity index (χ4v) is 3.91. The molecule has 4 nitrogen and oxygen atoms in total. The van der Waals surface area contributed by atoms with Crippen LogP contribution in [0.3, 0.4) is 0 Å². The second-order valence-electron chi connectivity index (χ2n) is 7.07. The van der Waals surface area contributed by atoms with E-state index < -0.39 is 5.97 Å². The van der Waals surface area contributed by atoms with Gasteiger partial charge in [-0.1, -0.05) is 30.3 Å². The number of piperidine rings is 1. The van der Waals surface area contributed by atoms with Gasteiger partial charge in [0.1, 0.15) is 0 Å². The van der Waals surface area contributed by atoms with Crippen molar-refractivity contribution < 1.29 is 14.7 Å². The summed E-state index contributed by atoms with van der Waals surface area (Å²) in [5, 5.41) is 8.84. The summed E-state index contributed by atoms with van der Waals surface area (Å²) in [5.41, 5.74) is 1.39.